The zero-order valence-corrected chi connectivity index (χ0v) is 7.07. The molecule has 0 aliphatic heterocycles. The molecule has 1 N–H and O–H groups in total. The maximum Gasteiger partial charge on any atom is 0.328 e. The topological polar surface area (TPSA) is 54.9 Å². The molecule has 1 aromatic rings. The van der Waals surface area contributed by atoms with Gasteiger partial charge < -0.3 is 4.98 Å². The Bertz CT molecular complexity index is 334. The smallest absolute Gasteiger partial charge is 0.302 e. The van der Waals surface area contributed by atoms with E-state index in [4.69, 9.17) is 0 Å². The van der Waals surface area contributed by atoms with Crippen LogP contribution in [-0.4, -0.2) is 15.8 Å². The van der Waals surface area contributed by atoms with Crippen LogP contribution < -0.4 is 11.2 Å². The van der Waals surface area contributed by atoms with Gasteiger partial charge in [-0.1, -0.05) is 0 Å². The van der Waals surface area contributed by atoms with Gasteiger partial charge >= 0.3 is 5.69 Å². The lowest BCUT2D eigenvalue weighted by atomic mass is 10.6. The molecule has 1 aromatic heterocycles. The summed E-state index contributed by atoms with van der Waals surface area (Å²) in [5, 5.41) is 0.595. The van der Waals surface area contributed by atoms with E-state index in [1.54, 1.807) is 6.26 Å². The summed E-state index contributed by atoms with van der Waals surface area (Å²) in [6.07, 6.45) is 1.80. The molecule has 0 amide bonds. The molecule has 0 saturated heterocycles. The van der Waals surface area contributed by atoms with E-state index in [1.165, 1.54) is 24.9 Å². The monoisotopic (exact) mass is 172 g/mol. The highest BCUT2D eigenvalue weighted by Crippen LogP contribution is 2.03. The number of thioether (sulfide) groups is 1. The number of nitrogens with one attached hydrogen (secondary N) is 1. The van der Waals surface area contributed by atoms with Gasteiger partial charge in [-0.3, -0.25) is 9.36 Å². The van der Waals surface area contributed by atoms with Gasteiger partial charge in [0.2, 0.25) is 0 Å². The average Bonchev–Trinajstić information content (AvgIpc) is 1.99. The molecule has 0 saturated carbocycles. The first-order valence-electron chi connectivity index (χ1n) is 2.99. The lowest BCUT2D eigenvalue weighted by Gasteiger charge is -1.96. The minimum Gasteiger partial charge on any atom is -0.302 e. The molecule has 5 heteroatoms. The van der Waals surface area contributed by atoms with Gasteiger partial charge in [0, 0.05) is 13.1 Å². The summed E-state index contributed by atoms with van der Waals surface area (Å²) < 4.78 is 1.03. The SMILES string of the molecule is CSc1cc(=O)n(C)c(=O)[nH]1. The van der Waals surface area contributed by atoms with Crippen molar-refractivity contribution in [2.75, 3.05) is 6.26 Å². The van der Waals surface area contributed by atoms with Gasteiger partial charge in [-0.25, -0.2) is 4.79 Å². The molecule has 0 radical (unpaired) electrons. The van der Waals surface area contributed by atoms with Gasteiger partial charge in [0.05, 0.1) is 5.03 Å². The fraction of sp³-hybridized carbons (Fsp3) is 0.333. The summed E-state index contributed by atoms with van der Waals surface area (Å²) in [5.74, 6) is 0. The molecule has 0 bridgehead atoms. The van der Waals surface area contributed by atoms with E-state index in [0.717, 1.165) is 4.57 Å². The molecule has 0 atom stereocenters. The largest absolute Gasteiger partial charge is 0.328 e. The standard InChI is InChI=1S/C6H8N2O2S/c1-8-5(9)3-4(11-2)7-6(8)10/h3H,1-2H3,(H,7,10). The predicted octanol–water partition coefficient (Wildman–Crippen LogP) is -0.205. The van der Waals surface area contributed by atoms with Crippen LogP contribution >= 0.6 is 11.8 Å². The lowest BCUT2D eigenvalue weighted by molar-refractivity contribution is 0.749. The molecule has 11 heavy (non-hydrogen) atoms. The van der Waals surface area contributed by atoms with E-state index >= 15 is 0 Å². The Balaban J connectivity index is 3.45. The molecule has 4 nitrogen and oxygen atoms in total. The Morgan fingerprint density at radius 2 is 2.18 bits per heavy atom. The third-order valence-electron chi connectivity index (χ3n) is 1.34. The maximum atomic E-state index is 10.9. The van der Waals surface area contributed by atoms with Gasteiger partial charge in [-0.05, 0) is 6.26 Å². The second-order valence-corrected chi connectivity index (χ2v) is 2.89. The van der Waals surface area contributed by atoms with Crippen LogP contribution in [0.15, 0.2) is 20.7 Å². The fourth-order valence-electron chi connectivity index (χ4n) is 0.644. The molecule has 1 heterocycles. The van der Waals surface area contributed by atoms with Crippen LogP contribution in [0.2, 0.25) is 0 Å². The van der Waals surface area contributed by atoms with E-state index in [2.05, 4.69) is 4.98 Å². The summed E-state index contributed by atoms with van der Waals surface area (Å²) in [5.41, 5.74) is -0.653. The Morgan fingerprint density at radius 3 is 2.64 bits per heavy atom. The van der Waals surface area contributed by atoms with Crippen molar-refractivity contribution in [2.24, 2.45) is 7.05 Å². The second kappa shape index (κ2) is 2.96. The number of hydrogen-bond acceptors (Lipinski definition) is 3. The minimum absolute atomic E-state index is 0.280. The average molecular weight is 172 g/mol. The Hall–Kier alpha value is -0.970. The lowest BCUT2D eigenvalue weighted by Crippen LogP contribution is -2.31. The van der Waals surface area contributed by atoms with Crippen molar-refractivity contribution in [1.29, 1.82) is 0 Å². The minimum atomic E-state index is -0.373. The van der Waals surface area contributed by atoms with Crippen LogP contribution in [0, 0.1) is 0 Å². The van der Waals surface area contributed by atoms with E-state index < -0.39 is 0 Å². The van der Waals surface area contributed by atoms with Gasteiger partial charge in [0.1, 0.15) is 0 Å². The predicted molar refractivity (Wildman–Crippen MR) is 44.1 cm³/mol. The van der Waals surface area contributed by atoms with Crippen molar-refractivity contribution < 1.29 is 0 Å². The van der Waals surface area contributed by atoms with E-state index in [-0.39, 0.29) is 11.2 Å². The Labute approximate surface area is 67.3 Å². The number of nitrogens with zero attached hydrogens (tertiary/aromatic N) is 1. The van der Waals surface area contributed by atoms with Gasteiger partial charge in [0.25, 0.3) is 5.56 Å². The van der Waals surface area contributed by atoms with Crippen LogP contribution in [0.1, 0.15) is 0 Å². The first kappa shape index (κ1) is 8.13. The number of aromatic nitrogens is 2. The number of H-pyrrole nitrogens is 1. The molecular formula is C6H8N2O2S. The molecule has 0 spiro atoms. The summed E-state index contributed by atoms with van der Waals surface area (Å²) in [7, 11) is 1.44. The van der Waals surface area contributed by atoms with Crippen molar-refractivity contribution in [2.45, 2.75) is 5.03 Å². The molecule has 0 aliphatic carbocycles. The van der Waals surface area contributed by atoms with E-state index in [0.29, 0.717) is 5.03 Å². The van der Waals surface area contributed by atoms with Gasteiger partial charge in [-0.15, -0.1) is 11.8 Å². The molecule has 0 fully saturated rings. The number of aromatic amines is 1. The number of rotatable bonds is 1. The summed E-state index contributed by atoms with van der Waals surface area (Å²) in [6, 6.07) is 1.39. The number of hydrogen-bond donors (Lipinski definition) is 1. The summed E-state index contributed by atoms with van der Waals surface area (Å²) in [4.78, 5) is 24.4. The van der Waals surface area contributed by atoms with Crippen LogP contribution in [0.25, 0.3) is 0 Å². The molecule has 0 aliphatic rings. The first-order valence-corrected chi connectivity index (χ1v) is 4.22. The highest BCUT2D eigenvalue weighted by atomic mass is 32.2. The highest BCUT2D eigenvalue weighted by Gasteiger charge is 1.97. The van der Waals surface area contributed by atoms with Crippen molar-refractivity contribution in [3.05, 3.63) is 26.9 Å². The zero-order chi connectivity index (χ0) is 8.43. The quantitative estimate of drug-likeness (QED) is 0.471. The first-order chi connectivity index (χ1) is 5.15. The third kappa shape index (κ3) is 1.54. The molecule has 0 aromatic carbocycles. The second-order valence-electron chi connectivity index (χ2n) is 2.04. The fourth-order valence-corrected chi connectivity index (χ4v) is 1.05. The maximum absolute atomic E-state index is 10.9. The van der Waals surface area contributed by atoms with Crippen LogP contribution in [-0.2, 0) is 7.05 Å². The highest BCUT2D eigenvalue weighted by molar-refractivity contribution is 7.98. The van der Waals surface area contributed by atoms with Crippen LogP contribution in [0.4, 0.5) is 0 Å². The van der Waals surface area contributed by atoms with E-state index in [1.807, 2.05) is 0 Å². The molecule has 1 rings (SSSR count). The van der Waals surface area contributed by atoms with Gasteiger partial charge in [-0.2, -0.15) is 0 Å². The van der Waals surface area contributed by atoms with Crippen molar-refractivity contribution in [1.82, 2.24) is 9.55 Å². The summed E-state index contributed by atoms with van der Waals surface area (Å²) in [6.45, 7) is 0. The van der Waals surface area contributed by atoms with E-state index in [9.17, 15) is 9.59 Å². The molecule has 60 valence electrons. The van der Waals surface area contributed by atoms with Crippen molar-refractivity contribution >= 4 is 11.8 Å². The van der Waals surface area contributed by atoms with Crippen molar-refractivity contribution in [3.8, 4) is 0 Å². The molecular weight excluding hydrogens is 164 g/mol. The third-order valence-corrected chi connectivity index (χ3v) is 2.00. The van der Waals surface area contributed by atoms with Crippen LogP contribution in [0.3, 0.4) is 0 Å². The normalized spacial score (nSPS) is 10.0. The van der Waals surface area contributed by atoms with Crippen molar-refractivity contribution in [3.63, 3.8) is 0 Å². The van der Waals surface area contributed by atoms with Crippen LogP contribution in [0.5, 0.6) is 0 Å². The van der Waals surface area contributed by atoms with Gasteiger partial charge in [0.15, 0.2) is 0 Å². The molecule has 0 unspecified atom stereocenters. The summed E-state index contributed by atoms with van der Waals surface area (Å²) >= 11 is 1.34. The Kier molecular flexibility index (Phi) is 2.19. The zero-order valence-electron chi connectivity index (χ0n) is 6.25. The Morgan fingerprint density at radius 1 is 1.55 bits per heavy atom.